The van der Waals surface area contributed by atoms with Crippen LogP contribution in [0.3, 0.4) is 0 Å². The standard InChI is InChI=1S/C22H21N3O3S/c1-25(2)22(26)21(13-16-7-9-17(15-23)10-8-16)24-29(27,28)20-12-11-18-5-3-4-6-19(18)14-20/h3-12,14,21,24H,13H2,1-2H3/t21-/m0/s1. The third kappa shape index (κ3) is 4.80. The molecule has 0 fully saturated rings. The summed E-state index contributed by atoms with van der Waals surface area (Å²) in [6, 6.07) is 20.1. The number of nitrogens with one attached hydrogen (secondary N) is 1. The predicted octanol–water partition coefficient (Wildman–Crippen LogP) is 2.69. The minimum absolute atomic E-state index is 0.104. The number of fused-ring (bicyclic) bond motifs is 1. The third-order valence-corrected chi connectivity index (χ3v) is 6.06. The summed E-state index contributed by atoms with van der Waals surface area (Å²) in [6.07, 6.45) is 0.176. The Morgan fingerprint density at radius 1 is 1.03 bits per heavy atom. The molecule has 0 saturated carbocycles. The summed E-state index contributed by atoms with van der Waals surface area (Å²) in [4.78, 5) is 14.1. The van der Waals surface area contributed by atoms with E-state index in [2.05, 4.69) is 4.72 Å². The molecule has 0 spiro atoms. The number of amides is 1. The van der Waals surface area contributed by atoms with E-state index >= 15 is 0 Å². The topological polar surface area (TPSA) is 90.3 Å². The first kappa shape index (κ1) is 20.5. The molecule has 0 aromatic heterocycles. The highest BCUT2D eigenvalue weighted by atomic mass is 32.2. The Hall–Kier alpha value is -3.21. The fourth-order valence-electron chi connectivity index (χ4n) is 3.03. The molecule has 0 aliphatic carbocycles. The van der Waals surface area contributed by atoms with Crippen LogP contribution in [-0.2, 0) is 21.2 Å². The quantitative estimate of drug-likeness (QED) is 0.680. The maximum absolute atomic E-state index is 13.0. The van der Waals surface area contributed by atoms with Gasteiger partial charge < -0.3 is 4.90 Å². The third-order valence-electron chi connectivity index (χ3n) is 4.59. The van der Waals surface area contributed by atoms with Gasteiger partial charge in [0, 0.05) is 14.1 Å². The van der Waals surface area contributed by atoms with Crippen molar-refractivity contribution in [1.82, 2.24) is 9.62 Å². The molecule has 0 bridgehead atoms. The van der Waals surface area contributed by atoms with Crippen LogP contribution in [-0.4, -0.2) is 39.4 Å². The first-order valence-electron chi connectivity index (χ1n) is 9.01. The van der Waals surface area contributed by atoms with Crippen molar-refractivity contribution >= 4 is 26.7 Å². The zero-order valence-electron chi connectivity index (χ0n) is 16.2. The van der Waals surface area contributed by atoms with Crippen LogP contribution in [0.5, 0.6) is 0 Å². The average molecular weight is 407 g/mol. The number of rotatable bonds is 6. The van der Waals surface area contributed by atoms with E-state index in [0.29, 0.717) is 5.56 Å². The van der Waals surface area contributed by atoms with Crippen molar-refractivity contribution in [3.05, 3.63) is 77.9 Å². The number of benzene rings is 3. The Morgan fingerprint density at radius 2 is 1.69 bits per heavy atom. The summed E-state index contributed by atoms with van der Waals surface area (Å²) < 4.78 is 28.5. The Labute approximate surface area is 170 Å². The van der Waals surface area contributed by atoms with Crippen LogP contribution in [0, 0.1) is 11.3 Å². The maximum atomic E-state index is 13.0. The van der Waals surface area contributed by atoms with Gasteiger partial charge >= 0.3 is 0 Å². The van der Waals surface area contributed by atoms with Crippen LogP contribution < -0.4 is 4.72 Å². The molecule has 0 saturated heterocycles. The SMILES string of the molecule is CN(C)C(=O)[C@H](Cc1ccc(C#N)cc1)NS(=O)(=O)c1ccc2ccccc2c1. The highest BCUT2D eigenvalue weighted by molar-refractivity contribution is 7.89. The van der Waals surface area contributed by atoms with Crippen LogP contribution >= 0.6 is 0 Å². The summed E-state index contributed by atoms with van der Waals surface area (Å²) in [6.45, 7) is 0. The molecule has 1 amide bonds. The lowest BCUT2D eigenvalue weighted by Gasteiger charge is -2.22. The molecule has 29 heavy (non-hydrogen) atoms. The first-order valence-corrected chi connectivity index (χ1v) is 10.5. The van der Waals surface area contributed by atoms with E-state index in [1.54, 1.807) is 50.5 Å². The summed E-state index contributed by atoms with van der Waals surface area (Å²) in [5.41, 5.74) is 1.26. The lowest BCUT2D eigenvalue weighted by Crippen LogP contribution is -2.47. The first-order chi connectivity index (χ1) is 13.8. The highest BCUT2D eigenvalue weighted by Gasteiger charge is 2.27. The summed E-state index contributed by atoms with van der Waals surface area (Å²) >= 11 is 0. The molecule has 0 radical (unpaired) electrons. The molecular formula is C22H21N3O3S. The van der Waals surface area contributed by atoms with Gasteiger partial charge in [-0.3, -0.25) is 4.79 Å². The molecule has 0 aliphatic rings. The van der Waals surface area contributed by atoms with E-state index in [9.17, 15) is 13.2 Å². The largest absolute Gasteiger partial charge is 0.347 e. The fourth-order valence-corrected chi connectivity index (χ4v) is 4.26. The molecule has 3 aromatic rings. The monoisotopic (exact) mass is 407 g/mol. The number of hydrogen-bond acceptors (Lipinski definition) is 4. The van der Waals surface area contributed by atoms with Gasteiger partial charge in [-0.2, -0.15) is 9.98 Å². The van der Waals surface area contributed by atoms with Gasteiger partial charge in [0.05, 0.1) is 16.5 Å². The number of hydrogen-bond donors (Lipinski definition) is 1. The minimum atomic E-state index is -3.91. The van der Waals surface area contributed by atoms with Gasteiger partial charge in [-0.15, -0.1) is 0 Å². The maximum Gasteiger partial charge on any atom is 0.241 e. The Morgan fingerprint density at radius 3 is 2.31 bits per heavy atom. The number of sulfonamides is 1. The predicted molar refractivity (Wildman–Crippen MR) is 112 cm³/mol. The molecule has 0 aliphatic heterocycles. The fraction of sp³-hybridized carbons (Fsp3) is 0.182. The van der Waals surface area contributed by atoms with E-state index in [1.165, 1.54) is 11.0 Å². The number of nitriles is 1. The molecule has 7 heteroatoms. The average Bonchev–Trinajstić information content (AvgIpc) is 2.72. The van der Waals surface area contributed by atoms with Crippen LogP contribution in [0.4, 0.5) is 0 Å². The Balaban J connectivity index is 1.90. The number of likely N-dealkylation sites (N-methyl/N-ethyl adjacent to an activating group) is 1. The minimum Gasteiger partial charge on any atom is -0.347 e. The van der Waals surface area contributed by atoms with Crippen LogP contribution in [0.25, 0.3) is 10.8 Å². The zero-order valence-corrected chi connectivity index (χ0v) is 17.0. The van der Waals surface area contributed by atoms with Crippen molar-refractivity contribution in [1.29, 1.82) is 5.26 Å². The second-order valence-corrected chi connectivity index (χ2v) is 8.64. The van der Waals surface area contributed by atoms with E-state index in [4.69, 9.17) is 5.26 Å². The Kier molecular flexibility index (Phi) is 5.97. The molecular weight excluding hydrogens is 386 g/mol. The zero-order chi connectivity index (χ0) is 21.0. The molecule has 6 nitrogen and oxygen atoms in total. The smallest absolute Gasteiger partial charge is 0.241 e. The molecule has 3 aromatic carbocycles. The number of nitrogens with zero attached hydrogens (tertiary/aromatic N) is 2. The molecule has 148 valence electrons. The van der Waals surface area contributed by atoms with Crippen LogP contribution in [0.2, 0.25) is 0 Å². The lowest BCUT2D eigenvalue weighted by molar-refractivity contribution is -0.130. The van der Waals surface area contributed by atoms with Gasteiger partial charge in [0.2, 0.25) is 15.9 Å². The summed E-state index contributed by atoms with van der Waals surface area (Å²) in [7, 11) is -0.749. The summed E-state index contributed by atoms with van der Waals surface area (Å²) in [5.74, 6) is -0.348. The van der Waals surface area contributed by atoms with Crippen molar-refractivity contribution < 1.29 is 13.2 Å². The van der Waals surface area contributed by atoms with E-state index < -0.39 is 16.1 Å². The van der Waals surface area contributed by atoms with Crippen LogP contribution in [0.1, 0.15) is 11.1 Å². The van der Waals surface area contributed by atoms with Crippen molar-refractivity contribution in [2.45, 2.75) is 17.4 Å². The van der Waals surface area contributed by atoms with E-state index in [-0.39, 0.29) is 17.2 Å². The molecule has 3 rings (SSSR count). The second-order valence-electron chi connectivity index (χ2n) is 6.93. The van der Waals surface area contributed by atoms with Gasteiger partial charge in [0.1, 0.15) is 6.04 Å². The number of carbonyl (C=O) groups is 1. The van der Waals surface area contributed by atoms with E-state index in [1.807, 2.05) is 30.3 Å². The molecule has 0 heterocycles. The van der Waals surface area contributed by atoms with Gasteiger partial charge in [-0.25, -0.2) is 8.42 Å². The normalized spacial score (nSPS) is 12.3. The molecule has 0 unspecified atom stereocenters. The second kappa shape index (κ2) is 8.43. The Bertz CT molecular complexity index is 1180. The number of carbonyl (C=O) groups excluding carboxylic acids is 1. The molecule has 1 atom stereocenters. The van der Waals surface area contributed by atoms with Crippen molar-refractivity contribution in [2.75, 3.05) is 14.1 Å². The molecule has 1 N–H and O–H groups in total. The lowest BCUT2D eigenvalue weighted by atomic mass is 10.0. The van der Waals surface area contributed by atoms with Crippen LogP contribution in [0.15, 0.2) is 71.6 Å². The van der Waals surface area contributed by atoms with Gasteiger partial charge in [0.25, 0.3) is 0 Å². The van der Waals surface area contributed by atoms with Crippen molar-refractivity contribution in [3.63, 3.8) is 0 Å². The van der Waals surface area contributed by atoms with Gasteiger partial charge in [0.15, 0.2) is 0 Å². The van der Waals surface area contributed by atoms with Crippen molar-refractivity contribution in [3.8, 4) is 6.07 Å². The highest BCUT2D eigenvalue weighted by Crippen LogP contribution is 2.20. The van der Waals surface area contributed by atoms with E-state index in [0.717, 1.165) is 16.3 Å². The van der Waals surface area contributed by atoms with Gasteiger partial charge in [-0.05, 0) is 47.0 Å². The van der Waals surface area contributed by atoms with Gasteiger partial charge in [-0.1, -0.05) is 42.5 Å². The summed E-state index contributed by atoms with van der Waals surface area (Å²) in [5, 5.41) is 10.7. The van der Waals surface area contributed by atoms with Crippen molar-refractivity contribution in [2.24, 2.45) is 0 Å².